The van der Waals surface area contributed by atoms with Gasteiger partial charge in [0.2, 0.25) is 11.8 Å². The summed E-state index contributed by atoms with van der Waals surface area (Å²) in [4.78, 5) is 30.8. The van der Waals surface area contributed by atoms with Crippen LogP contribution >= 0.6 is 0 Å². The molecule has 2 aromatic rings. The van der Waals surface area contributed by atoms with Crippen LogP contribution in [-0.4, -0.2) is 53.4 Å². The van der Waals surface area contributed by atoms with E-state index in [2.05, 4.69) is 20.5 Å². The predicted octanol–water partition coefficient (Wildman–Crippen LogP) is 1.09. The lowest BCUT2D eigenvalue weighted by molar-refractivity contribution is -0.134. The maximum Gasteiger partial charge on any atom is 0.237 e. The minimum Gasteiger partial charge on any atom is -0.441 e. The molecule has 0 bridgehead atoms. The zero-order valence-corrected chi connectivity index (χ0v) is 14.6. The first-order valence-corrected chi connectivity index (χ1v) is 8.69. The van der Waals surface area contributed by atoms with Crippen LogP contribution in [0, 0.1) is 0 Å². The van der Waals surface area contributed by atoms with Crippen molar-refractivity contribution in [3.05, 3.63) is 30.2 Å². The third-order valence-electron chi connectivity index (χ3n) is 4.41. The first kappa shape index (κ1) is 17.4. The molecule has 0 saturated carbocycles. The Labute approximate surface area is 146 Å². The van der Waals surface area contributed by atoms with Gasteiger partial charge in [-0.3, -0.25) is 14.5 Å². The van der Waals surface area contributed by atoms with Crippen molar-refractivity contribution < 1.29 is 14.0 Å². The van der Waals surface area contributed by atoms with E-state index >= 15 is 0 Å². The topological polar surface area (TPSA) is 87.5 Å². The molecule has 0 spiro atoms. The summed E-state index contributed by atoms with van der Waals surface area (Å²) in [7, 11) is 0. The molecule has 1 aliphatic rings. The lowest BCUT2D eigenvalue weighted by atomic mass is 10.1. The summed E-state index contributed by atoms with van der Waals surface area (Å²) in [6, 6.07) is 7.39. The van der Waals surface area contributed by atoms with Crippen molar-refractivity contribution in [2.75, 3.05) is 19.6 Å². The number of hydrogen-bond acceptors (Lipinski definition) is 5. The van der Waals surface area contributed by atoms with Crippen molar-refractivity contribution in [2.24, 2.45) is 0 Å². The van der Waals surface area contributed by atoms with Gasteiger partial charge in [-0.05, 0) is 26.0 Å². The number of hydrogen-bond donors (Lipinski definition) is 2. The molecule has 2 heterocycles. The second kappa shape index (κ2) is 7.65. The molecule has 134 valence electrons. The van der Waals surface area contributed by atoms with E-state index in [0.29, 0.717) is 25.4 Å². The first-order valence-electron chi connectivity index (χ1n) is 8.69. The molecule has 1 aromatic heterocycles. The van der Waals surface area contributed by atoms with Crippen molar-refractivity contribution in [3.8, 4) is 0 Å². The van der Waals surface area contributed by atoms with E-state index in [-0.39, 0.29) is 24.3 Å². The lowest BCUT2D eigenvalue weighted by Gasteiger charge is -2.37. The third kappa shape index (κ3) is 4.17. The molecular formula is C18H24N4O3. The van der Waals surface area contributed by atoms with Gasteiger partial charge in [0.1, 0.15) is 5.52 Å². The number of amides is 2. The van der Waals surface area contributed by atoms with Crippen LogP contribution in [0.5, 0.6) is 0 Å². The molecule has 0 aliphatic carbocycles. The Morgan fingerprint density at radius 2 is 2.24 bits per heavy atom. The van der Waals surface area contributed by atoms with Crippen LogP contribution in [0.2, 0.25) is 0 Å². The van der Waals surface area contributed by atoms with Gasteiger partial charge in [-0.15, -0.1) is 0 Å². The molecule has 3 rings (SSSR count). The van der Waals surface area contributed by atoms with Gasteiger partial charge in [-0.2, -0.15) is 0 Å². The van der Waals surface area contributed by atoms with Gasteiger partial charge < -0.3 is 15.1 Å². The summed E-state index contributed by atoms with van der Waals surface area (Å²) in [6.07, 6.45) is 0.683. The Kier molecular flexibility index (Phi) is 5.33. The van der Waals surface area contributed by atoms with Crippen LogP contribution in [0.15, 0.2) is 28.7 Å². The van der Waals surface area contributed by atoms with Crippen LogP contribution in [0.3, 0.4) is 0 Å². The van der Waals surface area contributed by atoms with Crippen LogP contribution in [0.25, 0.3) is 11.1 Å². The number of oxazole rings is 1. The normalized spacial score (nSPS) is 18.5. The highest BCUT2D eigenvalue weighted by molar-refractivity contribution is 5.88. The Morgan fingerprint density at radius 3 is 3.00 bits per heavy atom. The summed E-state index contributed by atoms with van der Waals surface area (Å²) in [5, 5.41) is 5.69. The maximum absolute atomic E-state index is 12.2. The Morgan fingerprint density at radius 1 is 1.44 bits per heavy atom. The molecule has 0 unspecified atom stereocenters. The number of fused-ring (bicyclic) bond motifs is 1. The summed E-state index contributed by atoms with van der Waals surface area (Å²) in [6.45, 7) is 5.91. The zero-order valence-electron chi connectivity index (χ0n) is 14.6. The molecule has 1 saturated heterocycles. The molecule has 7 heteroatoms. The largest absolute Gasteiger partial charge is 0.441 e. The number of carbonyl (C=O) groups is 2. The first-order chi connectivity index (χ1) is 12.0. The van der Waals surface area contributed by atoms with Gasteiger partial charge in [0, 0.05) is 32.1 Å². The number of nitrogens with zero attached hydrogens (tertiary/aromatic N) is 2. The number of aromatic nitrogens is 1. The number of carbonyl (C=O) groups excluding carboxylic acids is 2. The molecular weight excluding hydrogens is 320 g/mol. The van der Waals surface area contributed by atoms with Gasteiger partial charge in [0.05, 0.1) is 12.5 Å². The number of rotatable bonds is 6. The van der Waals surface area contributed by atoms with Crippen LogP contribution in [-0.2, 0) is 16.0 Å². The highest BCUT2D eigenvalue weighted by atomic mass is 16.3. The van der Waals surface area contributed by atoms with E-state index in [9.17, 15) is 9.59 Å². The van der Waals surface area contributed by atoms with Crippen molar-refractivity contribution in [3.63, 3.8) is 0 Å². The fourth-order valence-corrected chi connectivity index (χ4v) is 3.14. The van der Waals surface area contributed by atoms with E-state index in [1.165, 1.54) is 0 Å². The molecule has 1 aromatic carbocycles. The van der Waals surface area contributed by atoms with E-state index in [0.717, 1.165) is 17.6 Å². The highest BCUT2D eigenvalue weighted by Gasteiger charge is 2.32. The van der Waals surface area contributed by atoms with Crippen LogP contribution in [0.4, 0.5) is 0 Å². The lowest BCUT2D eigenvalue weighted by Crippen LogP contribution is -2.58. The fraction of sp³-hybridized carbons (Fsp3) is 0.500. The predicted molar refractivity (Wildman–Crippen MR) is 94.0 cm³/mol. The van der Waals surface area contributed by atoms with E-state index in [4.69, 9.17) is 4.42 Å². The van der Waals surface area contributed by atoms with E-state index < -0.39 is 6.04 Å². The maximum atomic E-state index is 12.2. The summed E-state index contributed by atoms with van der Waals surface area (Å²) < 4.78 is 5.63. The van der Waals surface area contributed by atoms with Crippen LogP contribution < -0.4 is 10.6 Å². The summed E-state index contributed by atoms with van der Waals surface area (Å²) in [5.74, 6) is 0.388. The third-order valence-corrected chi connectivity index (χ3v) is 4.41. The molecule has 2 amide bonds. The zero-order chi connectivity index (χ0) is 17.8. The number of nitrogens with one attached hydrogen (secondary N) is 2. The second-order valence-electron chi connectivity index (χ2n) is 6.52. The minimum absolute atomic E-state index is 0.0750. The molecule has 25 heavy (non-hydrogen) atoms. The monoisotopic (exact) mass is 344 g/mol. The highest BCUT2D eigenvalue weighted by Crippen LogP contribution is 2.15. The van der Waals surface area contributed by atoms with Crippen molar-refractivity contribution in [1.82, 2.24) is 20.5 Å². The van der Waals surface area contributed by atoms with E-state index in [1.807, 2.05) is 38.1 Å². The van der Waals surface area contributed by atoms with Gasteiger partial charge in [0.15, 0.2) is 11.5 Å². The Balaban J connectivity index is 1.51. The Hall–Kier alpha value is -2.41. The molecule has 0 radical (unpaired) electrons. The van der Waals surface area contributed by atoms with Crippen molar-refractivity contribution in [1.29, 1.82) is 0 Å². The molecule has 1 atom stereocenters. The number of para-hydroxylation sites is 2. The number of piperazine rings is 1. The fourth-order valence-electron chi connectivity index (χ4n) is 3.14. The average Bonchev–Trinajstić information content (AvgIpc) is 2.99. The van der Waals surface area contributed by atoms with Crippen molar-refractivity contribution >= 4 is 22.9 Å². The molecule has 1 aliphatic heterocycles. The van der Waals surface area contributed by atoms with Gasteiger partial charge in [0.25, 0.3) is 0 Å². The SMILES string of the molecule is CC(C)N1CCNC(=O)[C@@H]1CC(=O)NCCc1nc2ccccc2o1. The van der Waals surface area contributed by atoms with Gasteiger partial charge >= 0.3 is 0 Å². The summed E-state index contributed by atoms with van der Waals surface area (Å²) in [5.41, 5.74) is 1.56. The van der Waals surface area contributed by atoms with Crippen LogP contribution in [0.1, 0.15) is 26.2 Å². The number of benzene rings is 1. The second-order valence-corrected chi connectivity index (χ2v) is 6.52. The minimum atomic E-state index is -0.405. The quantitative estimate of drug-likeness (QED) is 0.819. The average molecular weight is 344 g/mol. The Bertz CT molecular complexity index is 723. The molecule has 1 fully saturated rings. The standard InChI is InChI=1S/C18H24N4O3/c1-12(2)22-10-9-20-18(24)14(22)11-16(23)19-8-7-17-21-13-5-3-4-6-15(13)25-17/h3-6,12,14H,7-11H2,1-2H3,(H,19,23)(H,20,24)/t14-/m0/s1. The molecule has 7 nitrogen and oxygen atoms in total. The van der Waals surface area contributed by atoms with Gasteiger partial charge in [-0.25, -0.2) is 4.98 Å². The van der Waals surface area contributed by atoms with E-state index in [1.54, 1.807) is 0 Å². The van der Waals surface area contributed by atoms with Crippen molar-refractivity contribution in [2.45, 2.75) is 38.8 Å². The van der Waals surface area contributed by atoms with Gasteiger partial charge in [-0.1, -0.05) is 12.1 Å². The molecule has 2 N–H and O–H groups in total. The summed E-state index contributed by atoms with van der Waals surface area (Å²) >= 11 is 0. The smallest absolute Gasteiger partial charge is 0.237 e.